The average molecular weight is 300 g/mol. The fourth-order valence-corrected chi connectivity index (χ4v) is 1.67. The highest BCUT2D eigenvalue weighted by atomic mass is 16.7. The summed E-state index contributed by atoms with van der Waals surface area (Å²) in [4.78, 5) is 23.1. The number of benzene rings is 2. The van der Waals surface area contributed by atoms with Crippen LogP contribution in [0.1, 0.15) is 22.8 Å². The molecule has 0 aliphatic carbocycles. The van der Waals surface area contributed by atoms with E-state index >= 15 is 0 Å². The highest BCUT2D eigenvalue weighted by molar-refractivity contribution is 5.91. The Labute approximate surface area is 128 Å². The first-order valence-corrected chi connectivity index (χ1v) is 6.82. The number of rotatable bonds is 4. The third-order valence-corrected chi connectivity index (χ3v) is 2.78. The van der Waals surface area contributed by atoms with Gasteiger partial charge in [0.15, 0.2) is 0 Å². The molecule has 0 saturated carbocycles. The van der Waals surface area contributed by atoms with E-state index < -0.39 is 12.1 Å². The quantitative estimate of drug-likeness (QED) is 0.489. The fourth-order valence-electron chi connectivity index (χ4n) is 1.67. The number of carbonyl (C=O) groups is 2. The lowest BCUT2D eigenvalue weighted by Crippen LogP contribution is -2.11. The van der Waals surface area contributed by atoms with Crippen molar-refractivity contribution in [2.75, 3.05) is 6.61 Å². The fraction of sp³-hybridized carbons (Fsp3) is 0.176. The van der Waals surface area contributed by atoms with Crippen molar-refractivity contribution in [3.63, 3.8) is 0 Å². The van der Waals surface area contributed by atoms with E-state index in [0.29, 0.717) is 17.1 Å². The van der Waals surface area contributed by atoms with Gasteiger partial charge >= 0.3 is 12.1 Å². The molecular weight excluding hydrogens is 284 g/mol. The molecule has 5 nitrogen and oxygen atoms in total. The van der Waals surface area contributed by atoms with Crippen molar-refractivity contribution in [2.45, 2.75) is 13.8 Å². The predicted octanol–water partition coefficient (Wildman–Crippen LogP) is 3.75. The van der Waals surface area contributed by atoms with Crippen LogP contribution in [0.4, 0.5) is 4.79 Å². The summed E-state index contributed by atoms with van der Waals surface area (Å²) in [5, 5.41) is 0. The average Bonchev–Trinajstić information content (AvgIpc) is 2.50. The highest BCUT2D eigenvalue weighted by Crippen LogP contribution is 2.16. The molecule has 0 fully saturated rings. The highest BCUT2D eigenvalue weighted by Gasteiger charge is 2.10. The van der Waals surface area contributed by atoms with E-state index in [2.05, 4.69) is 4.74 Å². The third-order valence-electron chi connectivity index (χ3n) is 2.78. The third kappa shape index (κ3) is 4.34. The van der Waals surface area contributed by atoms with Crippen molar-refractivity contribution >= 4 is 12.1 Å². The summed E-state index contributed by atoms with van der Waals surface area (Å²) >= 11 is 0. The minimum atomic E-state index is -0.780. The van der Waals surface area contributed by atoms with Crippen LogP contribution in [0.15, 0.2) is 48.5 Å². The van der Waals surface area contributed by atoms with Crippen LogP contribution in [0, 0.1) is 6.92 Å². The lowest BCUT2D eigenvalue weighted by atomic mass is 10.2. The summed E-state index contributed by atoms with van der Waals surface area (Å²) in [5.41, 5.74) is 1.44. The van der Waals surface area contributed by atoms with E-state index in [-0.39, 0.29) is 6.61 Å². The topological polar surface area (TPSA) is 61.8 Å². The second-order valence-corrected chi connectivity index (χ2v) is 4.51. The lowest BCUT2D eigenvalue weighted by Gasteiger charge is -2.06. The van der Waals surface area contributed by atoms with Crippen molar-refractivity contribution in [1.29, 1.82) is 0 Å². The van der Waals surface area contributed by atoms with Crippen LogP contribution in [0.2, 0.25) is 0 Å². The maximum absolute atomic E-state index is 12.0. The summed E-state index contributed by atoms with van der Waals surface area (Å²) < 4.78 is 14.8. The minimum absolute atomic E-state index is 0.236. The largest absolute Gasteiger partial charge is 0.513 e. The van der Waals surface area contributed by atoms with Gasteiger partial charge in [0.1, 0.15) is 11.5 Å². The Hall–Kier alpha value is -2.82. The zero-order valence-electron chi connectivity index (χ0n) is 12.4. The second-order valence-electron chi connectivity index (χ2n) is 4.51. The number of esters is 1. The summed E-state index contributed by atoms with van der Waals surface area (Å²) in [5.74, 6) is 0.291. The molecule has 2 rings (SSSR count). The first kappa shape index (κ1) is 15.6. The van der Waals surface area contributed by atoms with E-state index in [4.69, 9.17) is 9.47 Å². The Kier molecular flexibility index (Phi) is 5.14. The molecule has 2 aromatic carbocycles. The van der Waals surface area contributed by atoms with E-state index in [0.717, 1.165) is 5.56 Å². The van der Waals surface area contributed by atoms with Crippen LogP contribution >= 0.6 is 0 Å². The van der Waals surface area contributed by atoms with E-state index in [1.165, 1.54) is 24.3 Å². The Morgan fingerprint density at radius 1 is 0.864 bits per heavy atom. The predicted molar refractivity (Wildman–Crippen MR) is 80.2 cm³/mol. The standard InChI is InChI=1S/C17H16O5/c1-3-20-17(19)22-15-10-6-13(7-11-15)16(18)21-14-8-4-12(2)5-9-14/h4-11H,3H2,1-2H3. The first-order chi connectivity index (χ1) is 10.6. The van der Waals surface area contributed by atoms with E-state index in [1.54, 1.807) is 19.1 Å². The molecule has 2 aromatic rings. The molecule has 0 spiro atoms. The van der Waals surface area contributed by atoms with Gasteiger partial charge in [0.25, 0.3) is 0 Å². The van der Waals surface area contributed by atoms with Gasteiger partial charge in [-0.15, -0.1) is 0 Å². The molecule has 114 valence electrons. The summed E-state index contributed by atoms with van der Waals surface area (Å²) in [6, 6.07) is 13.2. The van der Waals surface area contributed by atoms with Crippen LogP contribution in [-0.4, -0.2) is 18.7 Å². The molecule has 0 radical (unpaired) electrons. The molecule has 0 aliphatic heterocycles. The van der Waals surface area contributed by atoms with Gasteiger partial charge in [-0.25, -0.2) is 9.59 Å². The van der Waals surface area contributed by atoms with Gasteiger partial charge < -0.3 is 14.2 Å². The van der Waals surface area contributed by atoms with Gasteiger partial charge in [-0.3, -0.25) is 0 Å². The molecular formula is C17H16O5. The molecule has 0 N–H and O–H groups in total. The van der Waals surface area contributed by atoms with Gasteiger partial charge in [0.05, 0.1) is 12.2 Å². The number of carbonyl (C=O) groups excluding carboxylic acids is 2. The molecule has 0 amide bonds. The number of hydrogen-bond acceptors (Lipinski definition) is 5. The normalized spacial score (nSPS) is 9.91. The lowest BCUT2D eigenvalue weighted by molar-refractivity contribution is 0.0734. The Morgan fingerprint density at radius 3 is 2.00 bits per heavy atom. The molecule has 22 heavy (non-hydrogen) atoms. The number of ether oxygens (including phenoxy) is 3. The van der Waals surface area contributed by atoms with Crippen molar-refractivity contribution in [2.24, 2.45) is 0 Å². The Bertz CT molecular complexity index is 644. The molecule has 0 aromatic heterocycles. The van der Waals surface area contributed by atoms with Crippen LogP contribution in [0.3, 0.4) is 0 Å². The molecule has 0 bridgehead atoms. The first-order valence-electron chi connectivity index (χ1n) is 6.82. The van der Waals surface area contributed by atoms with Crippen molar-refractivity contribution < 1.29 is 23.8 Å². The number of aryl methyl sites for hydroxylation is 1. The summed E-state index contributed by atoms with van der Waals surface area (Å²) in [7, 11) is 0. The van der Waals surface area contributed by atoms with Crippen molar-refractivity contribution in [1.82, 2.24) is 0 Å². The van der Waals surface area contributed by atoms with Crippen molar-refractivity contribution in [3.05, 3.63) is 59.7 Å². The van der Waals surface area contributed by atoms with Crippen LogP contribution < -0.4 is 9.47 Å². The van der Waals surface area contributed by atoms with Crippen LogP contribution in [0.25, 0.3) is 0 Å². The minimum Gasteiger partial charge on any atom is -0.434 e. The molecule has 0 heterocycles. The molecule has 0 atom stereocenters. The zero-order chi connectivity index (χ0) is 15.9. The summed E-state index contributed by atoms with van der Waals surface area (Å²) in [6.07, 6.45) is -0.780. The van der Waals surface area contributed by atoms with Gasteiger partial charge in [-0.05, 0) is 50.2 Å². The molecule has 0 saturated heterocycles. The summed E-state index contributed by atoms with van der Waals surface area (Å²) in [6.45, 7) is 3.87. The Morgan fingerprint density at radius 2 is 1.41 bits per heavy atom. The SMILES string of the molecule is CCOC(=O)Oc1ccc(C(=O)Oc2ccc(C)cc2)cc1. The van der Waals surface area contributed by atoms with Crippen LogP contribution in [0.5, 0.6) is 11.5 Å². The zero-order valence-corrected chi connectivity index (χ0v) is 12.4. The second kappa shape index (κ2) is 7.26. The van der Waals surface area contributed by atoms with E-state index in [1.807, 2.05) is 19.1 Å². The smallest absolute Gasteiger partial charge is 0.434 e. The van der Waals surface area contributed by atoms with Crippen molar-refractivity contribution in [3.8, 4) is 11.5 Å². The van der Waals surface area contributed by atoms with Gasteiger partial charge in [0.2, 0.25) is 0 Å². The monoisotopic (exact) mass is 300 g/mol. The van der Waals surface area contributed by atoms with E-state index in [9.17, 15) is 9.59 Å². The molecule has 0 unspecified atom stereocenters. The van der Waals surface area contributed by atoms with Gasteiger partial charge in [-0.2, -0.15) is 0 Å². The maximum Gasteiger partial charge on any atom is 0.513 e. The van der Waals surface area contributed by atoms with Gasteiger partial charge in [-0.1, -0.05) is 17.7 Å². The van der Waals surface area contributed by atoms with Crippen LogP contribution in [-0.2, 0) is 4.74 Å². The molecule has 5 heteroatoms. The maximum atomic E-state index is 12.0. The van der Waals surface area contributed by atoms with Gasteiger partial charge in [0, 0.05) is 0 Å². The number of hydrogen-bond donors (Lipinski definition) is 0. The molecule has 0 aliphatic rings. The Balaban J connectivity index is 1.98.